The van der Waals surface area contributed by atoms with E-state index in [1.807, 2.05) is 24.4 Å². The predicted molar refractivity (Wildman–Crippen MR) is 87.3 cm³/mol. The van der Waals surface area contributed by atoms with Gasteiger partial charge in [-0.2, -0.15) is 0 Å². The molecule has 1 amide bonds. The van der Waals surface area contributed by atoms with Gasteiger partial charge in [-0.3, -0.25) is 4.79 Å². The van der Waals surface area contributed by atoms with Gasteiger partial charge in [-0.15, -0.1) is 0 Å². The van der Waals surface area contributed by atoms with Crippen molar-refractivity contribution in [3.05, 3.63) is 65.6 Å². The minimum Gasteiger partial charge on any atom is -0.497 e. The molecule has 5 heteroatoms. The van der Waals surface area contributed by atoms with Crippen molar-refractivity contribution < 1.29 is 13.9 Å². The summed E-state index contributed by atoms with van der Waals surface area (Å²) in [5, 5.41) is 3.84. The largest absolute Gasteiger partial charge is 0.497 e. The topological polar surface area (TPSA) is 54.1 Å². The molecule has 0 aliphatic rings. The van der Waals surface area contributed by atoms with Gasteiger partial charge in [0.1, 0.15) is 11.6 Å². The minimum absolute atomic E-state index is 0.0659. The van der Waals surface area contributed by atoms with Crippen LogP contribution < -0.4 is 10.1 Å². The monoisotopic (exact) mass is 312 g/mol. The fourth-order valence-corrected chi connectivity index (χ4v) is 2.55. The van der Waals surface area contributed by atoms with Crippen molar-refractivity contribution in [2.24, 2.45) is 0 Å². The van der Waals surface area contributed by atoms with Gasteiger partial charge in [0.05, 0.1) is 12.7 Å². The number of hydrogen-bond donors (Lipinski definition) is 2. The Bertz CT molecular complexity index is 842. The van der Waals surface area contributed by atoms with E-state index in [9.17, 15) is 9.18 Å². The van der Waals surface area contributed by atoms with Crippen molar-refractivity contribution in [2.75, 3.05) is 13.7 Å². The van der Waals surface area contributed by atoms with E-state index < -0.39 is 11.7 Å². The van der Waals surface area contributed by atoms with Gasteiger partial charge in [-0.1, -0.05) is 12.1 Å². The Labute approximate surface area is 133 Å². The lowest BCUT2D eigenvalue weighted by Crippen LogP contribution is -2.26. The Morgan fingerprint density at radius 2 is 2.09 bits per heavy atom. The molecule has 1 aromatic heterocycles. The number of aromatic amines is 1. The average molecular weight is 312 g/mol. The van der Waals surface area contributed by atoms with Gasteiger partial charge in [0, 0.05) is 29.7 Å². The van der Waals surface area contributed by atoms with Crippen LogP contribution in [-0.4, -0.2) is 24.5 Å². The molecule has 2 N–H and O–H groups in total. The number of methoxy groups -OCH3 is 1. The number of ether oxygens (including phenoxy) is 1. The van der Waals surface area contributed by atoms with Crippen LogP contribution in [0.25, 0.3) is 10.9 Å². The number of benzene rings is 2. The Morgan fingerprint density at radius 1 is 1.26 bits per heavy atom. The molecule has 3 rings (SSSR count). The van der Waals surface area contributed by atoms with Gasteiger partial charge in [0.2, 0.25) is 0 Å². The first-order valence-corrected chi connectivity index (χ1v) is 7.36. The molecular weight excluding hydrogens is 295 g/mol. The second-order valence-corrected chi connectivity index (χ2v) is 5.21. The van der Waals surface area contributed by atoms with Crippen LogP contribution in [0.15, 0.2) is 48.7 Å². The molecule has 2 aromatic carbocycles. The van der Waals surface area contributed by atoms with Crippen molar-refractivity contribution in [1.82, 2.24) is 10.3 Å². The normalized spacial score (nSPS) is 10.7. The van der Waals surface area contributed by atoms with E-state index >= 15 is 0 Å². The number of hydrogen-bond acceptors (Lipinski definition) is 2. The fraction of sp³-hybridized carbons (Fsp3) is 0.167. The standard InChI is InChI=1S/C18H17FN2O2/c1-23-13-6-7-14-12(11-21-17(14)10-13)8-9-20-18(22)15-4-2-3-5-16(15)19/h2-7,10-11,21H,8-9H2,1H3,(H,20,22). The highest BCUT2D eigenvalue weighted by molar-refractivity contribution is 5.94. The maximum absolute atomic E-state index is 13.5. The van der Waals surface area contributed by atoms with E-state index in [0.717, 1.165) is 22.2 Å². The smallest absolute Gasteiger partial charge is 0.254 e. The number of halogens is 1. The van der Waals surface area contributed by atoms with E-state index in [4.69, 9.17) is 4.74 Å². The maximum Gasteiger partial charge on any atom is 0.254 e. The molecule has 3 aromatic rings. The highest BCUT2D eigenvalue weighted by Crippen LogP contribution is 2.23. The molecule has 0 spiro atoms. The summed E-state index contributed by atoms with van der Waals surface area (Å²) < 4.78 is 18.7. The molecule has 1 heterocycles. The van der Waals surface area contributed by atoms with E-state index in [1.165, 1.54) is 12.1 Å². The SMILES string of the molecule is COc1ccc2c(CCNC(=O)c3ccccc3F)c[nH]c2c1. The maximum atomic E-state index is 13.5. The molecule has 0 atom stereocenters. The van der Waals surface area contributed by atoms with E-state index in [1.54, 1.807) is 19.2 Å². The Kier molecular flexibility index (Phi) is 4.28. The number of nitrogens with one attached hydrogen (secondary N) is 2. The van der Waals surface area contributed by atoms with Gasteiger partial charge < -0.3 is 15.0 Å². The first-order chi connectivity index (χ1) is 11.2. The predicted octanol–water partition coefficient (Wildman–Crippen LogP) is 3.29. The van der Waals surface area contributed by atoms with Crippen LogP contribution in [0.3, 0.4) is 0 Å². The summed E-state index contributed by atoms with van der Waals surface area (Å²) in [6.45, 7) is 0.437. The Morgan fingerprint density at radius 3 is 2.87 bits per heavy atom. The fourth-order valence-electron chi connectivity index (χ4n) is 2.55. The van der Waals surface area contributed by atoms with Gasteiger partial charge in [-0.25, -0.2) is 4.39 Å². The number of H-pyrrole nitrogens is 1. The quantitative estimate of drug-likeness (QED) is 0.759. The lowest BCUT2D eigenvalue weighted by atomic mass is 10.1. The van der Waals surface area contributed by atoms with Crippen LogP contribution >= 0.6 is 0 Å². The molecule has 118 valence electrons. The average Bonchev–Trinajstić information content (AvgIpc) is 2.97. The van der Waals surface area contributed by atoms with Gasteiger partial charge >= 0.3 is 0 Å². The van der Waals surface area contributed by atoms with Gasteiger partial charge in [-0.05, 0) is 36.2 Å². The molecule has 0 bridgehead atoms. The van der Waals surface area contributed by atoms with E-state index in [-0.39, 0.29) is 5.56 Å². The van der Waals surface area contributed by atoms with Crippen molar-refractivity contribution in [3.63, 3.8) is 0 Å². The second kappa shape index (κ2) is 6.52. The summed E-state index contributed by atoms with van der Waals surface area (Å²) in [6, 6.07) is 11.8. The van der Waals surface area contributed by atoms with Crippen molar-refractivity contribution in [2.45, 2.75) is 6.42 Å². The molecule has 0 saturated heterocycles. The third-order valence-corrected chi connectivity index (χ3v) is 3.77. The zero-order valence-electron chi connectivity index (χ0n) is 12.7. The third-order valence-electron chi connectivity index (χ3n) is 3.77. The zero-order chi connectivity index (χ0) is 16.2. The summed E-state index contributed by atoms with van der Waals surface area (Å²) in [7, 11) is 1.63. The Balaban J connectivity index is 1.65. The third kappa shape index (κ3) is 3.18. The van der Waals surface area contributed by atoms with E-state index in [2.05, 4.69) is 10.3 Å². The summed E-state index contributed by atoms with van der Waals surface area (Å²) in [6.07, 6.45) is 2.58. The van der Waals surface area contributed by atoms with Crippen molar-refractivity contribution in [3.8, 4) is 5.75 Å². The summed E-state index contributed by atoms with van der Waals surface area (Å²) in [4.78, 5) is 15.2. The number of amides is 1. The summed E-state index contributed by atoms with van der Waals surface area (Å²) in [5.41, 5.74) is 2.15. The molecule has 0 saturated carbocycles. The summed E-state index contributed by atoms with van der Waals surface area (Å²) in [5.74, 6) is -0.118. The summed E-state index contributed by atoms with van der Waals surface area (Å²) >= 11 is 0. The molecular formula is C18H17FN2O2. The van der Waals surface area contributed by atoms with Crippen LogP contribution in [0, 0.1) is 5.82 Å². The number of aromatic nitrogens is 1. The van der Waals surface area contributed by atoms with Crippen LogP contribution in [0.5, 0.6) is 5.75 Å². The number of carbonyl (C=O) groups excluding carboxylic acids is 1. The molecule has 4 nitrogen and oxygen atoms in total. The lowest BCUT2D eigenvalue weighted by molar-refractivity contribution is 0.0950. The Hall–Kier alpha value is -2.82. The molecule has 0 fully saturated rings. The van der Waals surface area contributed by atoms with Crippen molar-refractivity contribution >= 4 is 16.8 Å². The molecule has 0 aliphatic carbocycles. The second-order valence-electron chi connectivity index (χ2n) is 5.21. The van der Waals surface area contributed by atoms with Gasteiger partial charge in [0.25, 0.3) is 5.91 Å². The first kappa shape index (κ1) is 15.1. The zero-order valence-corrected chi connectivity index (χ0v) is 12.7. The van der Waals surface area contributed by atoms with Crippen LogP contribution in [0.2, 0.25) is 0 Å². The molecule has 0 aliphatic heterocycles. The minimum atomic E-state index is -0.510. The molecule has 23 heavy (non-hydrogen) atoms. The van der Waals surface area contributed by atoms with Crippen molar-refractivity contribution in [1.29, 1.82) is 0 Å². The number of fused-ring (bicyclic) bond motifs is 1. The highest BCUT2D eigenvalue weighted by Gasteiger charge is 2.10. The lowest BCUT2D eigenvalue weighted by Gasteiger charge is -2.06. The van der Waals surface area contributed by atoms with Gasteiger partial charge in [0.15, 0.2) is 0 Å². The van der Waals surface area contributed by atoms with E-state index in [0.29, 0.717) is 13.0 Å². The first-order valence-electron chi connectivity index (χ1n) is 7.36. The van der Waals surface area contributed by atoms with Crippen LogP contribution in [0.4, 0.5) is 4.39 Å². The highest BCUT2D eigenvalue weighted by atomic mass is 19.1. The van der Waals surface area contributed by atoms with Crippen LogP contribution in [-0.2, 0) is 6.42 Å². The molecule has 0 radical (unpaired) electrons. The van der Waals surface area contributed by atoms with Crippen LogP contribution in [0.1, 0.15) is 15.9 Å². The number of carbonyl (C=O) groups is 1. The molecule has 0 unspecified atom stereocenters. The number of rotatable bonds is 5.